The number of thioether (sulfide) groups is 1. The van der Waals surface area contributed by atoms with Gasteiger partial charge >= 0.3 is 0 Å². The molecule has 0 aromatic heterocycles. The van der Waals surface area contributed by atoms with Crippen LogP contribution in [0.15, 0.2) is 29.2 Å². The molecule has 1 unspecified atom stereocenters. The van der Waals surface area contributed by atoms with Crippen molar-refractivity contribution in [3.63, 3.8) is 0 Å². The first kappa shape index (κ1) is 18.3. The third kappa shape index (κ3) is 6.29. The molecule has 0 aliphatic rings. The van der Waals surface area contributed by atoms with Crippen molar-refractivity contribution in [2.24, 2.45) is 0 Å². The highest BCUT2D eigenvalue weighted by Crippen LogP contribution is 2.29. The minimum atomic E-state index is -0.154. The summed E-state index contributed by atoms with van der Waals surface area (Å²) in [6.45, 7) is 10.9. The van der Waals surface area contributed by atoms with E-state index in [1.165, 1.54) is 11.8 Å². The van der Waals surface area contributed by atoms with Crippen molar-refractivity contribution < 1.29 is 4.79 Å². The van der Waals surface area contributed by atoms with E-state index in [0.29, 0.717) is 17.6 Å². The van der Waals surface area contributed by atoms with Crippen LogP contribution in [-0.4, -0.2) is 41.7 Å². The fourth-order valence-corrected chi connectivity index (χ4v) is 3.21. The Morgan fingerprint density at radius 1 is 1.33 bits per heavy atom. The number of carbonyl (C=O) groups excluding carboxylic acids is 1. The number of amides is 1. The highest BCUT2D eigenvalue weighted by Gasteiger charge is 2.15. The van der Waals surface area contributed by atoms with Crippen molar-refractivity contribution in [1.29, 1.82) is 0 Å². The highest BCUT2D eigenvalue weighted by molar-refractivity contribution is 8.00. The number of likely N-dealkylation sites (N-methyl/N-ethyl adjacent to an activating group) is 1. The Labute approximate surface area is 137 Å². The summed E-state index contributed by atoms with van der Waals surface area (Å²) in [7, 11) is 0. The lowest BCUT2D eigenvalue weighted by molar-refractivity contribution is -0.120. The average molecular weight is 329 g/mol. The van der Waals surface area contributed by atoms with Crippen molar-refractivity contribution in [1.82, 2.24) is 10.2 Å². The number of hydrogen-bond donors (Lipinski definition) is 1. The number of benzene rings is 1. The summed E-state index contributed by atoms with van der Waals surface area (Å²) in [5, 5.41) is 3.54. The largest absolute Gasteiger partial charge is 0.354 e. The van der Waals surface area contributed by atoms with Crippen molar-refractivity contribution in [2.45, 2.75) is 43.9 Å². The third-order valence-corrected chi connectivity index (χ3v) is 4.96. The van der Waals surface area contributed by atoms with Gasteiger partial charge < -0.3 is 5.32 Å². The maximum atomic E-state index is 12.1. The molecule has 1 aromatic carbocycles. The van der Waals surface area contributed by atoms with Gasteiger partial charge in [-0.25, -0.2) is 0 Å². The van der Waals surface area contributed by atoms with Gasteiger partial charge in [0.15, 0.2) is 0 Å². The predicted octanol–water partition coefficient (Wildman–Crippen LogP) is 3.67. The molecule has 0 aliphatic heterocycles. The molecule has 0 fully saturated rings. The molecule has 0 aliphatic carbocycles. The summed E-state index contributed by atoms with van der Waals surface area (Å²) in [6, 6.07) is 8.11. The number of nitrogens with one attached hydrogen (secondary N) is 1. The van der Waals surface area contributed by atoms with Crippen molar-refractivity contribution in [3.8, 4) is 0 Å². The predicted molar refractivity (Wildman–Crippen MR) is 92.2 cm³/mol. The van der Waals surface area contributed by atoms with E-state index in [-0.39, 0.29) is 11.2 Å². The zero-order valence-electron chi connectivity index (χ0n) is 13.2. The number of halogens is 1. The van der Waals surface area contributed by atoms with Crippen molar-refractivity contribution in [2.75, 3.05) is 19.6 Å². The van der Waals surface area contributed by atoms with Gasteiger partial charge in [0.2, 0.25) is 5.91 Å². The van der Waals surface area contributed by atoms with Gasteiger partial charge in [0, 0.05) is 24.0 Å². The summed E-state index contributed by atoms with van der Waals surface area (Å²) in [5.74, 6) is 0.0553. The summed E-state index contributed by atoms with van der Waals surface area (Å²) in [6.07, 6.45) is 0. The molecular formula is C16H25ClN2OS. The van der Waals surface area contributed by atoms with Crippen LogP contribution in [0.1, 0.15) is 27.7 Å². The fourth-order valence-electron chi connectivity index (χ4n) is 2.03. The summed E-state index contributed by atoms with van der Waals surface area (Å²) < 4.78 is 0. The van der Waals surface area contributed by atoms with Gasteiger partial charge in [-0.3, -0.25) is 9.69 Å². The van der Waals surface area contributed by atoms with Crippen molar-refractivity contribution >= 4 is 29.3 Å². The van der Waals surface area contributed by atoms with Crippen LogP contribution in [-0.2, 0) is 4.79 Å². The Morgan fingerprint density at radius 2 is 2.00 bits per heavy atom. The maximum absolute atomic E-state index is 12.1. The van der Waals surface area contributed by atoms with Crippen LogP contribution < -0.4 is 5.32 Å². The molecular weight excluding hydrogens is 304 g/mol. The zero-order valence-corrected chi connectivity index (χ0v) is 14.8. The monoisotopic (exact) mass is 328 g/mol. The Kier molecular flexibility index (Phi) is 8.15. The van der Waals surface area contributed by atoms with Crippen LogP contribution in [0.4, 0.5) is 0 Å². The molecule has 1 N–H and O–H groups in total. The molecule has 21 heavy (non-hydrogen) atoms. The van der Waals surface area contributed by atoms with Gasteiger partial charge in [0.1, 0.15) is 0 Å². The topological polar surface area (TPSA) is 32.3 Å². The Hall–Kier alpha value is -0.710. The molecule has 1 amide bonds. The van der Waals surface area contributed by atoms with Crippen LogP contribution in [0.3, 0.4) is 0 Å². The Bertz CT molecular complexity index is 454. The number of hydrogen-bond acceptors (Lipinski definition) is 3. The highest BCUT2D eigenvalue weighted by atomic mass is 35.5. The second kappa shape index (κ2) is 9.34. The van der Waals surface area contributed by atoms with E-state index in [2.05, 4.69) is 31.0 Å². The van der Waals surface area contributed by atoms with Crippen LogP contribution in [0, 0.1) is 0 Å². The van der Waals surface area contributed by atoms with E-state index in [1.54, 1.807) is 0 Å². The molecule has 118 valence electrons. The first-order valence-electron chi connectivity index (χ1n) is 7.38. The first-order chi connectivity index (χ1) is 9.95. The van der Waals surface area contributed by atoms with E-state index >= 15 is 0 Å². The van der Waals surface area contributed by atoms with Gasteiger partial charge in [-0.05, 0) is 39.4 Å². The van der Waals surface area contributed by atoms with E-state index < -0.39 is 0 Å². The summed E-state index contributed by atoms with van der Waals surface area (Å²) in [5.41, 5.74) is 0. The Balaban J connectivity index is 2.40. The van der Waals surface area contributed by atoms with Crippen LogP contribution in [0.25, 0.3) is 0 Å². The third-order valence-electron chi connectivity index (χ3n) is 3.34. The fraction of sp³-hybridized carbons (Fsp3) is 0.562. The minimum absolute atomic E-state index is 0.0553. The lowest BCUT2D eigenvalue weighted by Gasteiger charge is -2.25. The minimum Gasteiger partial charge on any atom is -0.354 e. The van der Waals surface area contributed by atoms with E-state index in [9.17, 15) is 4.79 Å². The van der Waals surface area contributed by atoms with E-state index in [1.807, 2.05) is 31.2 Å². The Morgan fingerprint density at radius 3 is 2.57 bits per heavy atom. The van der Waals surface area contributed by atoms with Crippen molar-refractivity contribution in [3.05, 3.63) is 29.3 Å². The molecule has 0 radical (unpaired) electrons. The summed E-state index contributed by atoms with van der Waals surface area (Å²) in [4.78, 5) is 15.4. The SMILES string of the molecule is CCN(CCNC(=O)C(C)Sc1ccccc1Cl)C(C)C. The molecule has 0 bridgehead atoms. The molecule has 5 heteroatoms. The van der Waals surface area contributed by atoms with Gasteiger partial charge in [0.25, 0.3) is 0 Å². The molecule has 0 heterocycles. The molecule has 3 nitrogen and oxygen atoms in total. The molecule has 0 saturated heterocycles. The number of carbonyl (C=O) groups is 1. The van der Waals surface area contributed by atoms with Crippen LogP contribution >= 0.6 is 23.4 Å². The summed E-state index contributed by atoms with van der Waals surface area (Å²) >= 11 is 7.60. The van der Waals surface area contributed by atoms with Crippen LogP contribution in [0.2, 0.25) is 5.02 Å². The van der Waals surface area contributed by atoms with E-state index in [0.717, 1.165) is 18.0 Å². The second-order valence-electron chi connectivity index (χ2n) is 5.20. The quantitative estimate of drug-likeness (QED) is 0.739. The molecule has 1 aromatic rings. The molecule has 1 atom stereocenters. The van der Waals surface area contributed by atoms with Gasteiger partial charge in [-0.2, -0.15) is 0 Å². The lowest BCUT2D eigenvalue weighted by Crippen LogP contribution is -2.40. The smallest absolute Gasteiger partial charge is 0.233 e. The normalized spacial score (nSPS) is 12.7. The zero-order chi connectivity index (χ0) is 15.8. The number of rotatable bonds is 8. The molecule has 0 saturated carbocycles. The van der Waals surface area contributed by atoms with Gasteiger partial charge in [0.05, 0.1) is 10.3 Å². The second-order valence-corrected chi connectivity index (χ2v) is 6.99. The lowest BCUT2D eigenvalue weighted by atomic mass is 10.3. The van der Waals surface area contributed by atoms with Gasteiger partial charge in [-0.1, -0.05) is 30.7 Å². The average Bonchev–Trinajstić information content (AvgIpc) is 2.45. The standard InChI is InChI=1S/C16H25ClN2OS/c1-5-19(12(2)3)11-10-18-16(20)13(4)21-15-9-7-6-8-14(15)17/h6-9,12-13H,5,10-11H2,1-4H3,(H,18,20). The van der Waals surface area contributed by atoms with E-state index in [4.69, 9.17) is 11.6 Å². The van der Waals surface area contributed by atoms with Crippen LogP contribution in [0.5, 0.6) is 0 Å². The number of nitrogens with zero attached hydrogens (tertiary/aromatic N) is 1. The maximum Gasteiger partial charge on any atom is 0.233 e. The van der Waals surface area contributed by atoms with Gasteiger partial charge in [-0.15, -0.1) is 11.8 Å². The molecule has 1 rings (SSSR count). The first-order valence-corrected chi connectivity index (χ1v) is 8.64. The molecule has 0 spiro atoms.